The SMILES string of the molecule is CCN1CCOC(C(=O)c2c(Cl)cnn2CCN(C)C)C1. The Labute approximate surface area is 130 Å². The molecule has 0 saturated carbocycles. The van der Waals surface area contributed by atoms with E-state index in [1.165, 1.54) is 6.20 Å². The third-order valence-corrected chi connectivity index (χ3v) is 3.95. The van der Waals surface area contributed by atoms with Gasteiger partial charge in [-0.05, 0) is 20.6 Å². The summed E-state index contributed by atoms with van der Waals surface area (Å²) in [5.74, 6) is -0.0746. The van der Waals surface area contributed by atoms with Crippen LogP contribution in [0.3, 0.4) is 0 Å². The molecule has 1 saturated heterocycles. The molecule has 1 aromatic rings. The van der Waals surface area contributed by atoms with Crippen LogP contribution in [0.1, 0.15) is 17.4 Å². The minimum absolute atomic E-state index is 0.0746. The standard InChI is InChI=1S/C14H23ClN4O2/c1-4-18-7-8-21-12(10-18)14(20)13-11(15)9-16-19(13)6-5-17(2)3/h9,12H,4-8,10H2,1-3H3. The maximum atomic E-state index is 12.7. The van der Waals surface area contributed by atoms with Gasteiger partial charge in [-0.2, -0.15) is 5.10 Å². The van der Waals surface area contributed by atoms with Crippen LogP contribution in [0.5, 0.6) is 0 Å². The van der Waals surface area contributed by atoms with E-state index in [2.05, 4.69) is 16.9 Å². The maximum absolute atomic E-state index is 12.7. The van der Waals surface area contributed by atoms with E-state index in [9.17, 15) is 4.79 Å². The summed E-state index contributed by atoms with van der Waals surface area (Å²) in [5.41, 5.74) is 0.460. The van der Waals surface area contributed by atoms with Crippen molar-refractivity contribution in [2.24, 2.45) is 0 Å². The number of likely N-dealkylation sites (N-methyl/N-ethyl adjacent to an activating group) is 2. The van der Waals surface area contributed by atoms with Gasteiger partial charge in [0.2, 0.25) is 5.78 Å². The lowest BCUT2D eigenvalue weighted by Gasteiger charge is -2.31. The van der Waals surface area contributed by atoms with Crippen molar-refractivity contribution in [3.05, 3.63) is 16.9 Å². The summed E-state index contributed by atoms with van der Waals surface area (Å²) >= 11 is 6.16. The Morgan fingerprint density at radius 1 is 1.57 bits per heavy atom. The van der Waals surface area contributed by atoms with Crippen LogP contribution in [0.4, 0.5) is 0 Å². The normalized spacial score (nSPS) is 20.1. The van der Waals surface area contributed by atoms with E-state index in [0.29, 0.717) is 30.4 Å². The molecule has 118 valence electrons. The van der Waals surface area contributed by atoms with Crippen molar-refractivity contribution in [3.8, 4) is 0 Å². The molecule has 1 aliphatic heterocycles. The first kappa shape index (κ1) is 16.4. The predicted molar refractivity (Wildman–Crippen MR) is 82.0 cm³/mol. The highest BCUT2D eigenvalue weighted by Gasteiger charge is 2.30. The molecular formula is C14H23ClN4O2. The fraction of sp³-hybridized carbons (Fsp3) is 0.714. The smallest absolute Gasteiger partial charge is 0.212 e. The van der Waals surface area contributed by atoms with Crippen LogP contribution in [0.15, 0.2) is 6.20 Å². The van der Waals surface area contributed by atoms with E-state index in [1.54, 1.807) is 4.68 Å². The summed E-state index contributed by atoms with van der Waals surface area (Å²) in [4.78, 5) is 16.9. The number of morpholine rings is 1. The van der Waals surface area contributed by atoms with Gasteiger partial charge in [0.05, 0.1) is 24.4 Å². The Balaban J connectivity index is 2.12. The van der Waals surface area contributed by atoms with Crippen molar-refractivity contribution in [2.75, 3.05) is 46.9 Å². The van der Waals surface area contributed by atoms with Crippen molar-refractivity contribution >= 4 is 17.4 Å². The zero-order chi connectivity index (χ0) is 15.4. The van der Waals surface area contributed by atoms with Crippen LogP contribution in [0.25, 0.3) is 0 Å². The monoisotopic (exact) mass is 314 g/mol. The minimum atomic E-state index is -0.453. The maximum Gasteiger partial charge on any atom is 0.212 e. The molecule has 7 heteroatoms. The van der Waals surface area contributed by atoms with Gasteiger partial charge in [0.1, 0.15) is 11.8 Å². The summed E-state index contributed by atoms with van der Waals surface area (Å²) in [6.07, 6.45) is 1.08. The molecule has 6 nitrogen and oxygen atoms in total. The lowest BCUT2D eigenvalue weighted by atomic mass is 10.1. The van der Waals surface area contributed by atoms with E-state index in [1.807, 2.05) is 19.0 Å². The highest BCUT2D eigenvalue weighted by molar-refractivity contribution is 6.33. The first-order chi connectivity index (χ1) is 10.0. The van der Waals surface area contributed by atoms with E-state index < -0.39 is 6.10 Å². The zero-order valence-electron chi connectivity index (χ0n) is 12.9. The van der Waals surface area contributed by atoms with Gasteiger partial charge in [-0.3, -0.25) is 14.4 Å². The number of rotatable bonds is 6. The largest absolute Gasteiger partial charge is 0.367 e. The third kappa shape index (κ3) is 4.03. The molecule has 0 spiro atoms. The molecule has 0 bridgehead atoms. The molecule has 2 rings (SSSR count). The number of aromatic nitrogens is 2. The fourth-order valence-electron chi connectivity index (χ4n) is 2.37. The Kier molecular flexibility index (Phi) is 5.75. The van der Waals surface area contributed by atoms with Crippen LogP contribution in [0, 0.1) is 0 Å². The molecule has 0 radical (unpaired) electrons. The molecule has 1 unspecified atom stereocenters. The average molecular weight is 315 g/mol. The number of halogens is 1. The van der Waals surface area contributed by atoms with Crippen LogP contribution >= 0.6 is 11.6 Å². The number of Topliss-reactive ketones (excluding diaryl/α,β-unsaturated/α-hetero) is 1. The summed E-state index contributed by atoms with van der Waals surface area (Å²) < 4.78 is 7.31. The Morgan fingerprint density at radius 2 is 2.33 bits per heavy atom. The summed E-state index contributed by atoms with van der Waals surface area (Å²) in [6.45, 7) is 6.49. The number of carbonyl (C=O) groups excluding carboxylic acids is 1. The number of hydrogen-bond donors (Lipinski definition) is 0. The molecule has 0 N–H and O–H groups in total. The first-order valence-corrected chi connectivity index (χ1v) is 7.65. The van der Waals surface area contributed by atoms with E-state index in [0.717, 1.165) is 19.6 Å². The minimum Gasteiger partial charge on any atom is -0.367 e. The van der Waals surface area contributed by atoms with Gasteiger partial charge in [-0.25, -0.2) is 0 Å². The average Bonchev–Trinajstić information content (AvgIpc) is 2.85. The Morgan fingerprint density at radius 3 is 3.00 bits per heavy atom. The lowest BCUT2D eigenvalue weighted by Crippen LogP contribution is -2.46. The van der Waals surface area contributed by atoms with Crippen molar-refractivity contribution in [1.29, 1.82) is 0 Å². The van der Waals surface area contributed by atoms with Gasteiger partial charge >= 0.3 is 0 Å². The fourth-order valence-corrected chi connectivity index (χ4v) is 2.61. The molecule has 1 aromatic heterocycles. The Bertz CT molecular complexity index is 489. The van der Waals surface area contributed by atoms with E-state index in [-0.39, 0.29) is 5.78 Å². The van der Waals surface area contributed by atoms with Crippen molar-refractivity contribution in [1.82, 2.24) is 19.6 Å². The van der Waals surface area contributed by atoms with E-state index >= 15 is 0 Å². The quantitative estimate of drug-likeness (QED) is 0.733. The molecule has 2 heterocycles. The highest BCUT2D eigenvalue weighted by Crippen LogP contribution is 2.20. The van der Waals surface area contributed by atoms with Gasteiger partial charge in [0.15, 0.2) is 0 Å². The van der Waals surface area contributed by atoms with Crippen molar-refractivity contribution in [2.45, 2.75) is 19.6 Å². The zero-order valence-corrected chi connectivity index (χ0v) is 13.6. The van der Waals surface area contributed by atoms with Crippen LogP contribution in [-0.4, -0.2) is 78.3 Å². The molecule has 1 aliphatic rings. The van der Waals surface area contributed by atoms with Gasteiger partial charge < -0.3 is 9.64 Å². The predicted octanol–water partition coefficient (Wildman–Crippen LogP) is 1.00. The van der Waals surface area contributed by atoms with Gasteiger partial charge in [-0.15, -0.1) is 0 Å². The van der Waals surface area contributed by atoms with Gasteiger partial charge in [-0.1, -0.05) is 18.5 Å². The summed E-state index contributed by atoms with van der Waals surface area (Å²) in [7, 11) is 3.96. The number of ether oxygens (including phenoxy) is 1. The second kappa shape index (κ2) is 7.35. The molecule has 1 fully saturated rings. The number of ketones is 1. The molecule has 0 aliphatic carbocycles. The van der Waals surface area contributed by atoms with Crippen molar-refractivity contribution in [3.63, 3.8) is 0 Å². The van der Waals surface area contributed by atoms with Crippen LogP contribution < -0.4 is 0 Å². The summed E-state index contributed by atoms with van der Waals surface area (Å²) in [6, 6.07) is 0. The molecule has 0 amide bonds. The third-order valence-electron chi connectivity index (χ3n) is 3.68. The molecule has 21 heavy (non-hydrogen) atoms. The lowest BCUT2D eigenvalue weighted by molar-refractivity contribution is -0.0153. The highest BCUT2D eigenvalue weighted by atomic mass is 35.5. The topological polar surface area (TPSA) is 50.6 Å². The second-order valence-corrected chi connectivity index (χ2v) is 5.89. The first-order valence-electron chi connectivity index (χ1n) is 7.27. The van der Waals surface area contributed by atoms with Crippen LogP contribution in [0.2, 0.25) is 5.02 Å². The molecule has 0 aromatic carbocycles. The van der Waals surface area contributed by atoms with E-state index in [4.69, 9.17) is 16.3 Å². The summed E-state index contributed by atoms with van der Waals surface area (Å²) in [5, 5.41) is 4.61. The van der Waals surface area contributed by atoms with Gasteiger partial charge in [0, 0.05) is 19.6 Å². The second-order valence-electron chi connectivity index (χ2n) is 5.48. The molecular weight excluding hydrogens is 292 g/mol. The Hall–Kier alpha value is -0.950. The van der Waals surface area contributed by atoms with Gasteiger partial charge in [0.25, 0.3) is 0 Å². The molecule has 1 atom stereocenters. The number of nitrogens with zero attached hydrogens (tertiary/aromatic N) is 4. The van der Waals surface area contributed by atoms with Crippen molar-refractivity contribution < 1.29 is 9.53 Å². The number of hydrogen-bond acceptors (Lipinski definition) is 5. The van der Waals surface area contributed by atoms with Crippen LogP contribution in [-0.2, 0) is 11.3 Å². The number of carbonyl (C=O) groups is 1.